The third-order valence-electron chi connectivity index (χ3n) is 2.84. The Kier molecular flexibility index (Phi) is 6.28. The lowest BCUT2D eigenvalue weighted by molar-refractivity contribution is -0.394. The van der Waals surface area contributed by atoms with E-state index in [1.165, 1.54) is 0 Å². The van der Waals surface area contributed by atoms with Crippen LogP contribution < -0.4 is 0 Å². The van der Waals surface area contributed by atoms with Gasteiger partial charge in [-0.15, -0.1) is 0 Å². The number of ether oxygens (including phenoxy) is 2. The van der Waals surface area contributed by atoms with Crippen molar-refractivity contribution in [1.82, 2.24) is 0 Å². The molecule has 1 aromatic carbocycles. The van der Waals surface area contributed by atoms with Crippen LogP contribution >= 0.6 is 0 Å². The van der Waals surface area contributed by atoms with E-state index >= 15 is 0 Å². The van der Waals surface area contributed by atoms with Crippen molar-refractivity contribution in [1.29, 1.82) is 0 Å². The standard InChI is InChI=1S/C7H4N2O6.C6H12O3/c10-7(11)4-1-5(8(12)13)3-6(2-4)9(14)15;1-6(2)8-4-5(3-7)9-6/h1-3H,(H,10,11);5,7H,3-4H2,1-2H3. The van der Waals surface area contributed by atoms with Gasteiger partial charge in [0.2, 0.25) is 0 Å². The van der Waals surface area contributed by atoms with Gasteiger partial charge in [-0.05, 0) is 13.8 Å². The summed E-state index contributed by atoms with van der Waals surface area (Å²) in [5, 5.41) is 37.8. The molecule has 1 atom stereocenters. The SMILES string of the molecule is CC1(C)OCC(CO)O1.O=C(O)c1cc([N+](=O)[O-])cc([N+](=O)[O-])c1. The van der Waals surface area contributed by atoms with Crippen LogP contribution in [-0.2, 0) is 9.47 Å². The van der Waals surface area contributed by atoms with Crippen LogP contribution in [0.4, 0.5) is 11.4 Å². The molecule has 1 fully saturated rings. The Morgan fingerprint density at radius 3 is 2.00 bits per heavy atom. The number of benzene rings is 1. The van der Waals surface area contributed by atoms with Gasteiger partial charge >= 0.3 is 5.97 Å². The maximum atomic E-state index is 10.5. The highest BCUT2D eigenvalue weighted by Gasteiger charge is 2.31. The molecule has 0 saturated carbocycles. The molecule has 0 aliphatic carbocycles. The van der Waals surface area contributed by atoms with Crippen LogP contribution in [0.3, 0.4) is 0 Å². The lowest BCUT2D eigenvalue weighted by atomic mass is 10.2. The molecule has 24 heavy (non-hydrogen) atoms. The minimum absolute atomic E-state index is 0.0451. The molecule has 1 aliphatic heterocycles. The largest absolute Gasteiger partial charge is 0.478 e. The molecule has 1 heterocycles. The van der Waals surface area contributed by atoms with Gasteiger partial charge in [0.25, 0.3) is 11.4 Å². The summed E-state index contributed by atoms with van der Waals surface area (Å²) in [6.07, 6.45) is -0.125. The quantitative estimate of drug-likeness (QED) is 0.605. The molecular formula is C13H16N2O9. The Labute approximate surface area is 135 Å². The van der Waals surface area contributed by atoms with Gasteiger partial charge in [0.05, 0.1) is 34.7 Å². The van der Waals surface area contributed by atoms with Crippen molar-refractivity contribution in [2.45, 2.75) is 25.7 Å². The number of aliphatic hydroxyl groups is 1. The lowest BCUT2D eigenvalue weighted by Crippen LogP contribution is -2.22. The van der Waals surface area contributed by atoms with E-state index in [9.17, 15) is 25.0 Å². The number of hydrogen-bond donors (Lipinski definition) is 2. The highest BCUT2D eigenvalue weighted by atomic mass is 16.7. The van der Waals surface area contributed by atoms with Crippen LogP contribution in [0.1, 0.15) is 24.2 Å². The Balaban J connectivity index is 0.000000272. The summed E-state index contributed by atoms with van der Waals surface area (Å²) in [4.78, 5) is 29.4. The Morgan fingerprint density at radius 1 is 1.25 bits per heavy atom. The van der Waals surface area contributed by atoms with E-state index in [1.807, 2.05) is 13.8 Å². The molecule has 11 nitrogen and oxygen atoms in total. The molecule has 0 aromatic heterocycles. The maximum absolute atomic E-state index is 10.5. The van der Waals surface area contributed by atoms with Crippen LogP contribution in [0.2, 0.25) is 0 Å². The van der Waals surface area contributed by atoms with Gasteiger partial charge in [-0.25, -0.2) is 4.79 Å². The van der Waals surface area contributed by atoms with E-state index in [-0.39, 0.29) is 12.7 Å². The first-order valence-corrected chi connectivity index (χ1v) is 6.65. The minimum Gasteiger partial charge on any atom is -0.478 e. The van der Waals surface area contributed by atoms with Crippen molar-refractivity contribution in [3.05, 3.63) is 44.0 Å². The van der Waals surface area contributed by atoms with E-state index in [2.05, 4.69) is 0 Å². The number of aromatic carboxylic acids is 1. The summed E-state index contributed by atoms with van der Waals surface area (Å²) in [6.45, 7) is 4.22. The number of aliphatic hydroxyl groups excluding tert-OH is 1. The maximum Gasteiger partial charge on any atom is 0.336 e. The monoisotopic (exact) mass is 344 g/mol. The van der Waals surface area contributed by atoms with E-state index in [4.69, 9.17) is 19.7 Å². The third kappa shape index (κ3) is 5.53. The number of carboxylic acid groups (broad SMARTS) is 1. The molecule has 1 unspecified atom stereocenters. The normalized spacial score (nSPS) is 18.4. The average Bonchev–Trinajstić information content (AvgIpc) is 2.86. The Bertz CT molecular complexity index is 565. The number of nitro benzene ring substituents is 2. The van der Waals surface area contributed by atoms with Gasteiger partial charge < -0.3 is 19.7 Å². The molecule has 132 valence electrons. The van der Waals surface area contributed by atoms with Crippen LogP contribution in [0.15, 0.2) is 18.2 Å². The van der Waals surface area contributed by atoms with Crippen molar-refractivity contribution in [2.24, 2.45) is 0 Å². The van der Waals surface area contributed by atoms with Gasteiger partial charge in [0.15, 0.2) is 5.79 Å². The molecule has 1 aromatic rings. The van der Waals surface area contributed by atoms with Gasteiger partial charge in [0, 0.05) is 12.1 Å². The number of nitrogens with zero attached hydrogens (tertiary/aromatic N) is 2. The molecular weight excluding hydrogens is 328 g/mol. The Morgan fingerprint density at radius 2 is 1.75 bits per heavy atom. The summed E-state index contributed by atoms with van der Waals surface area (Å²) in [5.41, 5.74) is -1.74. The second-order valence-electron chi connectivity index (χ2n) is 5.19. The molecule has 0 spiro atoms. The van der Waals surface area contributed by atoms with Crippen molar-refractivity contribution < 1.29 is 34.3 Å². The fraction of sp³-hybridized carbons (Fsp3) is 0.462. The van der Waals surface area contributed by atoms with Gasteiger partial charge in [-0.2, -0.15) is 0 Å². The summed E-state index contributed by atoms with van der Waals surface area (Å²) < 4.78 is 10.4. The zero-order valence-electron chi connectivity index (χ0n) is 12.9. The molecule has 1 aliphatic rings. The summed E-state index contributed by atoms with van der Waals surface area (Å²) >= 11 is 0. The summed E-state index contributed by atoms with van der Waals surface area (Å²) in [7, 11) is 0. The minimum atomic E-state index is -1.46. The number of non-ortho nitro benzene ring substituents is 2. The van der Waals surface area contributed by atoms with E-state index in [0.717, 1.165) is 12.1 Å². The van der Waals surface area contributed by atoms with Crippen LogP contribution in [0.5, 0.6) is 0 Å². The van der Waals surface area contributed by atoms with E-state index < -0.39 is 38.5 Å². The first kappa shape index (κ1) is 19.4. The van der Waals surface area contributed by atoms with E-state index in [0.29, 0.717) is 12.7 Å². The zero-order chi connectivity index (χ0) is 18.5. The molecule has 11 heteroatoms. The topological polar surface area (TPSA) is 162 Å². The smallest absolute Gasteiger partial charge is 0.336 e. The summed E-state index contributed by atoms with van der Waals surface area (Å²) in [5.74, 6) is -1.95. The predicted molar refractivity (Wildman–Crippen MR) is 78.7 cm³/mol. The lowest BCUT2D eigenvalue weighted by Gasteiger charge is -2.15. The summed E-state index contributed by atoms with van der Waals surface area (Å²) in [6, 6.07) is 2.22. The molecule has 1 saturated heterocycles. The first-order chi connectivity index (χ1) is 11.1. The average molecular weight is 344 g/mol. The van der Waals surface area contributed by atoms with Crippen molar-refractivity contribution >= 4 is 17.3 Å². The molecule has 2 rings (SSSR count). The number of nitro groups is 2. The fourth-order valence-electron chi connectivity index (χ4n) is 1.78. The molecule has 0 amide bonds. The van der Waals surface area contributed by atoms with Crippen LogP contribution in [-0.4, -0.2) is 51.1 Å². The molecule has 2 N–H and O–H groups in total. The third-order valence-corrected chi connectivity index (χ3v) is 2.84. The number of hydrogen-bond acceptors (Lipinski definition) is 8. The fourth-order valence-corrected chi connectivity index (χ4v) is 1.78. The highest BCUT2D eigenvalue weighted by Crippen LogP contribution is 2.22. The number of carboxylic acids is 1. The van der Waals surface area contributed by atoms with E-state index in [1.54, 1.807) is 0 Å². The molecule has 0 bridgehead atoms. The van der Waals surface area contributed by atoms with Gasteiger partial charge in [0.1, 0.15) is 6.10 Å². The number of rotatable bonds is 4. The Hall–Kier alpha value is -2.63. The van der Waals surface area contributed by atoms with Gasteiger partial charge in [-0.1, -0.05) is 0 Å². The molecule has 0 radical (unpaired) electrons. The van der Waals surface area contributed by atoms with Crippen molar-refractivity contribution in [3.8, 4) is 0 Å². The second-order valence-corrected chi connectivity index (χ2v) is 5.19. The number of carbonyl (C=O) groups is 1. The van der Waals surface area contributed by atoms with Crippen LogP contribution in [0.25, 0.3) is 0 Å². The van der Waals surface area contributed by atoms with Crippen LogP contribution in [0, 0.1) is 20.2 Å². The second kappa shape index (κ2) is 7.77. The zero-order valence-corrected chi connectivity index (χ0v) is 12.9. The highest BCUT2D eigenvalue weighted by molar-refractivity contribution is 5.89. The van der Waals surface area contributed by atoms with Gasteiger partial charge in [-0.3, -0.25) is 20.2 Å². The van der Waals surface area contributed by atoms with Crippen molar-refractivity contribution in [2.75, 3.05) is 13.2 Å². The van der Waals surface area contributed by atoms with Crippen molar-refractivity contribution in [3.63, 3.8) is 0 Å². The first-order valence-electron chi connectivity index (χ1n) is 6.65. The predicted octanol–water partition coefficient (Wildman–Crippen LogP) is 1.33.